The molecule has 20 aromatic rings. The van der Waals surface area contributed by atoms with Gasteiger partial charge in [0, 0.05) is 135 Å². The number of hydrogen-bond donors (Lipinski definition) is 0. The molecular weight excluding hydrogens is 1770 g/mol. The molecule has 4 aliphatic carbocycles. The van der Waals surface area contributed by atoms with Crippen LogP contribution in [0.5, 0.6) is 0 Å². The van der Waals surface area contributed by atoms with E-state index in [9.17, 15) is 0 Å². The minimum absolute atomic E-state index is 0. The van der Waals surface area contributed by atoms with Gasteiger partial charge in [0.2, 0.25) is 0 Å². The molecule has 0 amide bonds. The molecule has 16 aromatic carbocycles. The summed E-state index contributed by atoms with van der Waals surface area (Å²) in [6.07, 6.45) is 11.0. The summed E-state index contributed by atoms with van der Waals surface area (Å²) in [5.74, 6) is 0. The predicted octanol–water partition coefficient (Wildman–Crippen LogP) is 30.6. The van der Waals surface area contributed by atoms with Gasteiger partial charge in [-0.15, -0.1) is 70.8 Å². The van der Waals surface area contributed by atoms with Crippen LogP contribution in [-0.4, -0.2) is 19.9 Å². The molecule has 8 nitrogen and oxygen atoms in total. The van der Waals surface area contributed by atoms with Crippen LogP contribution in [0.15, 0.2) is 498 Å². The molecule has 0 bridgehead atoms. The quantitative estimate of drug-likeness (QED) is 0.0887. The summed E-state index contributed by atoms with van der Waals surface area (Å²) in [5.41, 5.74) is 37.9. The molecule has 0 saturated carbocycles. The zero-order valence-electron chi connectivity index (χ0n) is 72.1. The van der Waals surface area contributed by atoms with Crippen molar-refractivity contribution in [1.29, 1.82) is 0 Å². The Balaban J connectivity index is 0.000000129. The first-order chi connectivity index (χ1) is 64.4. The van der Waals surface area contributed by atoms with Crippen LogP contribution in [0, 0.1) is 12.1 Å². The molecule has 629 valence electrons. The van der Waals surface area contributed by atoms with Gasteiger partial charge in [-0.05, 0) is 281 Å². The van der Waals surface area contributed by atoms with Gasteiger partial charge in [-0.2, -0.15) is 0 Å². The van der Waals surface area contributed by atoms with Crippen LogP contribution in [-0.2, 0) is 56.6 Å². The molecule has 9 heteroatoms. The maximum Gasteiger partial charge on any atom is 0.0702 e. The van der Waals surface area contributed by atoms with Crippen molar-refractivity contribution in [3.63, 3.8) is 0 Å². The van der Waals surface area contributed by atoms with Crippen molar-refractivity contribution in [2.75, 3.05) is 19.6 Å². The molecule has 0 unspecified atom stereocenters. The topological polar surface area (TPSA) is 64.5 Å². The molecule has 4 aromatic heterocycles. The zero-order valence-corrected chi connectivity index (χ0v) is 74.5. The fraction of sp³-hybridized carbons (Fsp3) is 0.0492. The molecule has 0 aliphatic heterocycles. The van der Waals surface area contributed by atoms with Gasteiger partial charge < -0.3 is 29.6 Å². The van der Waals surface area contributed by atoms with Crippen LogP contribution in [0.2, 0.25) is 0 Å². The van der Waals surface area contributed by atoms with Crippen LogP contribution in [0.1, 0.15) is 44.5 Å². The summed E-state index contributed by atoms with van der Waals surface area (Å²) < 4.78 is 0. The normalized spacial score (nSPS) is 12.5. The third-order valence-electron chi connectivity index (χ3n) is 25.4. The van der Waals surface area contributed by atoms with Crippen molar-refractivity contribution in [2.24, 2.45) is 0 Å². The molecule has 131 heavy (non-hydrogen) atoms. The van der Waals surface area contributed by atoms with Crippen molar-refractivity contribution < 1.29 is 20.1 Å². The van der Waals surface area contributed by atoms with Crippen molar-refractivity contribution in [1.82, 2.24) is 19.9 Å². The number of nitrogens with zero attached hydrogens (tertiary/aromatic N) is 8. The summed E-state index contributed by atoms with van der Waals surface area (Å²) in [4.78, 5) is 27.4. The monoisotopic (exact) mass is 1860 g/mol. The second kappa shape index (κ2) is 37.9. The Morgan fingerprint density at radius 1 is 0.198 bits per heavy atom. The molecule has 2 spiro atoms. The third kappa shape index (κ3) is 17.0. The van der Waals surface area contributed by atoms with Crippen LogP contribution < -0.4 is 19.6 Å². The summed E-state index contributed by atoms with van der Waals surface area (Å²) in [5, 5.41) is 0. The average Bonchev–Trinajstić information content (AvgIpc) is 1.54. The SMILES string of the molecule is [Ir].[c-]1cc2c(cc1-c1ccccn1)CC1(C2)c2cc(N(c3ccccc3)c3ccccc3)ccc2-c2ccc(N(c3ccccc3)c3ccccc3)cc21.[c-]1ccccc1-c1ccccn1.c1ccc(-c2ccccn2)cc1.c1ccc(N(c2ccccc2)c2ccc3c(c2)C2(Cc4ccc(-c5ccccn5)cc4C2)c2cc(N(c4ccccc4)c4ccccc4)ccc2-3)cc1. The molecule has 1 radical (unpaired) electrons. The van der Waals surface area contributed by atoms with Gasteiger partial charge in [-0.1, -0.05) is 249 Å². The summed E-state index contributed by atoms with van der Waals surface area (Å²) >= 11 is 0. The number of hydrogen-bond acceptors (Lipinski definition) is 8. The van der Waals surface area contributed by atoms with E-state index in [0.29, 0.717) is 0 Å². The number of benzene rings is 16. The fourth-order valence-corrected chi connectivity index (χ4v) is 19.5. The molecule has 0 atom stereocenters. The Morgan fingerprint density at radius 3 is 0.802 bits per heavy atom. The van der Waals surface area contributed by atoms with E-state index in [-0.39, 0.29) is 30.9 Å². The van der Waals surface area contributed by atoms with Crippen molar-refractivity contribution in [2.45, 2.75) is 36.5 Å². The van der Waals surface area contributed by atoms with E-state index in [0.717, 1.165) is 133 Å². The Kier molecular flexibility index (Phi) is 24.1. The second-order valence-corrected chi connectivity index (χ2v) is 33.2. The van der Waals surface area contributed by atoms with Crippen molar-refractivity contribution in [3.8, 4) is 67.3 Å². The Labute approximate surface area is 780 Å². The van der Waals surface area contributed by atoms with E-state index < -0.39 is 0 Å². The average molecular weight is 1860 g/mol. The number of pyridine rings is 4. The van der Waals surface area contributed by atoms with E-state index in [2.05, 4.69) is 423 Å². The van der Waals surface area contributed by atoms with E-state index in [1.54, 1.807) is 6.20 Å². The van der Waals surface area contributed by atoms with Gasteiger partial charge in [0.15, 0.2) is 0 Å². The minimum Gasteiger partial charge on any atom is -0.310 e. The largest absolute Gasteiger partial charge is 0.310 e. The number of rotatable bonds is 16. The summed E-state index contributed by atoms with van der Waals surface area (Å²) in [6.45, 7) is 0. The number of aromatic nitrogens is 4. The van der Waals surface area contributed by atoms with Gasteiger partial charge in [0.1, 0.15) is 0 Å². The Hall–Kier alpha value is -16.0. The second-order valence-electron chi connectivity index (χ2n) is 33.2. The minimum atomic E-state index is -0.256. The van der Waals surface area contributed by atoms with Gasteiger partial charge in [-0.25, -0.2) is 0 Å². The van der Waals surface area contributed by atoms with Gasteiger partial charge >= 0.3 is 0 Å². The maximum atomic E-state index is 4.70. The molecule has 24 rings (SSSR count). The molecular formula is C122H90IrN8-2. The summed E-state index contributed by atoms with van der Waals surface area (Å²) in [7, 11) is 0. The van der Waals surface area contributed by atoms with Crippen molar-refractivity contribution >= 4 is 68.2 Å². The third-order valence-corrected chi connectivity index (χ3v) is 25.4. The maximum absolute atomic E-state index is 4.70. The molecule has 0 N–H and O–H groups in total. The Bertz CT molecular complexity index is 6310. The zero-order chi connectivity index (χ0) is 86.8. The van der Waals surface area contributed by atoms with Gasteiger partial charge in [0.05, 0.1) is 11.4 Å². The summed E-state index contributed by atoms with van der Waals surface area (Å²) in [6, 6.07) is 175. The van der Waals surface area contributed by atoms with E-state index in [1.807, 2.05) is 116 Å². The van der Waals surface area contributed by atoms with Gasteiger partial charge in [0.25, 0.3) is 0 Å². The number of anilines is 12. The molecule has 0 saturated heterocycles. The smallest absolute Gasteiger partial charge is 0.0702 e. The van der Waals surface area contributed by atoms with Crippen LogP contribution in [0.4, 0.5) is 68.2 Å². The van der Waals surface area contributed by atoms with E-state index in [1.165, 1.54) is 72.3 Å². The first-order valence-corrected chi connectivity index (χ1v) is 44.5. The van der Waals surface area contributed by atoms with Crippen LogP contribution >= 0.6 is 0 Å². The standard InChI is InChI=1S/C50H37N3.C50H36N3.C11H9N.C11H8N.Ir/c2*1-5-15-39(16-6-1)52(40-17-7-2-8-18-40)43-26-28-45-46-29-27-44(53(41-19-9-3-10-20-41)42-21-11-4-12-22-42)33-48(46)50(47(45)32-43)34-37-25-24-36(31-38(37)35-50)49-23-13-14-30-51-49;2*1-2-6-10(7-3-1)11-8-4-5-9-12-11;/h1-33H,34-35H2;1-23,25-33H,34-35H2;1-9H;1-6,8-9H;/q;-1;;-1;. The van der Waals surface area contributed by atoms with Crippen molar-refractivity contribution in [3.05, 3.63) is 555 Å². The molecule has 4 heterocycles. The first kappa shape index (κ1) is 83.2. The van der Waals surface area contributed by atoms with E-state index >= 15 is 0 Å². The molecule has 4 aliphatic rings. The van der Waals surface area contributed by atoms with Crippen LogP contribution in [0.25, 0.3) is 67.3 Å². The molecule has 0 fully saturated rings. The first-order valence-electron chi connectivity index (χ1n) is 44.5. The van der Waals surface area contributed by atoms with Gasteiger partial charge in [-0.3, -0.25) is 9.97 Å². The number of fused-ring (bicyclic) bond motifs is 12. The predicted molar refractivity (Wildman–Crippen MR) is 535 cm³/mol. The fourth-order valence-electron chi connectivity index (χ4n) is 19.5. The van der Waals surface area contributed by atoms with E-state index in [4.69, 9.17) is 4.98 Å². The van der Waals surface area contributed by atoms with Crippen LogP contribution in [0.3, 0.4) is 0 Å². The Morgan fingerprint density at radius 2 is 0.481 bits per heavy atom. The number of para-hydroxylation sites is 8.